The molecule has 4 aromatic rings. The van der Waals surface area contributed by atoms with Gasteiger partial charge in [-0.2, -0.15) is 0 Å². The Kier molecular flexibility index (Phi) is 24.1. The number of ether oxygens (including phenoxy) is 7. The van der Waals surface area contributed by atoms with Crippen LogP contribution in [0.2, 0.25) is 0 Å². The summed E-state index contributed by atoms with van der Waals surface area (Å²) in [6.45, 7) is 7.23. The van der Waals surface area contributed by atoms with Gasteiger partial charge in [-0.3, -0.25) is 15.0 Å². The van der Waals surface area contributed by atoms with Crippen LogP contribution in [0.5, 0.6) is 23.0 Å². The van der Waals surface area contributed by atoms with Gasteiger partial charge >= 0.3 is 12.2 Å². The second kappa shape index (κ2) is 32.2. The smallest absolute Gasteiger partial charge is 0.412 e. The van der Waals surface area contributed by atoms with Gasteiger partial charge < -0.3 is 53.5 Å². The van der Waals surface area contributed by atoms with Gasteiger partial charge in [0.25, 0.3) is 5.69 Å². The Morgan fingerprint density at radius 2 is 1.51 bits per heavy atom. The number of nitrogens with one attached hydrogen (secondary N) is 1. The van der Waals surface area contributed by atoms with Crippen LogP contribution in [0.25, 0.3) is 0 Å². The minimum atomic E-state index is -1.66. The van der Waals surface area contributed by atoms with E-state index in [-0.39, 0.29) is 76.9 Å². The molecule has 0 bridgehead atoms. The number of nitro benzene ring substituents is 1. The first-order chi connectivity index (χ1) is 40.7. The van der Waals surface area contributed by atoms with Gasteiger partial charge in [-0.15, -0.1) is 6.58 Å². The van der Waals surface area contributed by atoms with Crippen molar-refractivity contribution >= 4 is 23.6 Å². The van der Waals surface area contributed by atoms with Gasteiger partial charge in [0.05, 0.1) is 36.4 Å². The number of benzene rings is 4. The summed E-state index contributed by atoms with van der Waals surface area (Å²) in [5.74, 6) is -1.11. The van der Waals surface area contributed by atoms with E-state index >= 15 is 4.79 Å². The van der Waals surface area contributed by atoms with E-state index in [0.29, 0.717) is 85.1 Å². The van der Waals surface area contributed by atoms with Crippen LogP contribution >= 0.6 is 0 Å². The van der Waals surface area contributed by atoms with E-state index < -0.39 is 40.8 Å². The molecule has 1 saturated carbocycles. The van der Waals surface area contributed by atoms with Crippen LogP contribution in [0.15, 0.2) is 120 Å². The van der Waals surface area contributed by atoms with Gasteiger partial charge in [-0.25, -0.2) is 9.59 Å². The van der Waals surface area contributed by atoms with Crippen LogP contribution < -0.4 is 24.3 Å². The van der Waals surface area contributed by atoms with Crippen LogP contribution in [0, 0.1) is 27.9 Å². The van der Waals surface area contributed by atoms with E-state index in [9.17, 15) is 25.1 Å². The molecule has 2 heterocycles. The molecule has 18 nitrogen and oxygen atoms in total. The maximum Gasteiger partial charge on any atom is 0.412 e. The maximum atomic E-state index is 15.3. The molecule has 2 aliphatic heterocycles. The number of hydrogen-bond donors (Lipinski definition) is 3. The third-order valence-corrected chi connectivity index (χ3v) is 16.2. The lowest BCUT2D eigenvalue weighted by Gasteiger charge is -2.59. The van der Waals surface area contributed by atoms with Crippen LogP contribution in [0.1, 0.15) is 144 Å². The Labute approximate surface area is 488 Å². The third-order valence-electron chi connectivity index (χ3n) is 16.2. The highest BCUT2D eigenvalue weighted by atomic mass is 16.7. The van der Waals surface area contributed by atoms with Gasteiger partial charge in [-0.05, 0) is 109 Å². The summed E-state index contributed by atoms with van der Waals surface area (Å²) in [6.07, 6.45) is 18.4. The first-order valence-electron chi connectivity index (χ1n) is 30.0. The molecular weight excluding hydrogens is 1060 g/mol. The summed E-state index contributed by atoms with van der Waals surface area (Å²) in [6, 6.07) is 25.7. The highest BCUT2D eigenvalue weighted by Crippen LogP contribution is 2.62. The highest BCUT2D eigenvalue weighted by molar-refractivity contribution is 6.03. The van der Waals surface area contributed by atoms with Crippen molar-refractivity contribution < 1.29 is 62.7 Å². The number of carbonyl (C=O) groups is 2. The fourth-order valence-corrected chi connectivity index (χ4v) is 12.1. The first kappa shape index (κ1) is 62.1. The summed E-state index contributed by atoms with van der Waals surface area (Å²) in [5.41, 5.74) is 4.34. The van der Waals surface area contributed by atoms with E-state index in [4.69, 9.17) is 43.2 Å². The molecule has 6 unspecified atom stereocenters. The molecule has 0 aromatic heterocycles. The SMILES string of the molecule is C=CCOC12Oc3ccc(OC(=O)NCCCCCCCCCCCC)cc3C3C(CCCCO)C(CCCCO)C=C(C(=NOCc4ccc([N+](=O)[O-])cc4)CC1N(Cc1ccc4c(c1)OCO4)C(=O)OCCOCc1ccccc1)C32. The van der Waals surface area contributed by atoms with Gasteiger partial charge in [0.15, 0.2) is 11.5 Å². The molecule has 8 rings (SSSR count). The van der Waals surface area contributed by atoms with Crippen molar-refractivity contribution in [1.82, 2.24) is 10.2 Å². The summed E-state index contributed by atoms with van der Waals surface area (Å²) < 4.78 is 44.4. The van der Waals surface area contributed by atoms with E-state index in [1.165, 1.54) is 57.1 Å². The number of nitrogens with zero attached hydrogens (tertiary/aromatic N) is 3. The lowest BCUT2D eigenvalue weighted by atomic mass is 9.55. The number of aliphatic hydroxyl groups is 2. The van der Waals surface area contributed by atoms with E-state index in [2.05, 4.69) is 24.9 Å². The maximum absolute atomic E-state index is 15.3. The normalized spacial score (nSPS) is 20.5. The van der Waals surface area contributed by atoms with Crippen molar-refractivity contribution in [3.05, 3.63) is 148 Å². The standard InChI is InChI=1S/C65H84N4O14/c1-3-5-6-7-8-9-10-11-12-18-33-66-63(72)82-52-30-32-57-55(41-52)61-53(24-17-20-35-71)50(23-16-19-34-70)40-54-56(67-81-45-48-25-28-51(29-26-48)69(74)75)42-60(65(83-57,62(54)61)80-36-4-2)68(43-49-27-31-58-59(39-49)79-46-78-58)64(73)77-38-37-76-44-47-21-14-13-15-22-47/h4,13-15,21-22,25-32,39-41,50,53,60-62,70-71H,2-3,5-12,16-20,23-24,33-38,42-46H2,1H3,(H,66,72). The molecule has 6 atom stereocenters. The Morgan fingerprint density at radius 1 is 0.807 bits per heavy atom. The summed E-state index contributed by atoms with van der Waals surface area (Å²) in [5, 5.41) is 39.7. The quantitative estimate of drug-likeness (QED) is 0.0169. The third kappa shape index (κ3) is 16.9. The van der Waals surface area contributed by atoms with E-state index in [1.807, 2.05) is 48.5 Å². The minimum Gasteiger partial charge on any atom is -0.459 e. The first-order valence-corrected chi connectivity index (χ1v) is 30.0. The lowest BCUT2D eigenvalue weighted by Crippen LogP contribution is -2.70. The number of rotatable bonds is 35. The number of nitro groups is 1. The van der Waals surface area contributed by atoms with Crippen molar-refractivity contribution in [2.75, 3.05) is 46.4 Å². The van der Waals surface area contributed by atoms with Gasteiger partial charge in [0.1, 0.15) is 30.8 Å². The van der Waals surface area contributed by atoms with Crippen molar-refractivity contribution in [2.24, 2.45) is 22.9 Å². The summed E-state index contributed by atoms with van der Waals surface area (Å²) in [4.78, 5) is 47.8. The summed E-state index contributed by atoms with van der Waals surface area (Å²) in [7, 11) is 0. The molecule has 0 radical (unpaired) electrons. The average molecular weight is 1150 g/mol. The zero-order chi connectivity index (χ0) is 58.2. The largest absolute Gasteiger partial charge is 0.459 e. The van der Waals surface area contributed by atoms with Crippen molar-refractivity contribution in [1.29, 1.82) is 0 Å². The zero-order valence-corrected chi connectivity index (χ0v) is 48.1. The Hall–Kier alpha value is -6.99. The number of non-ortho nitro benzene ring substituents is 1. The molecule has 1 fully saturated rings. The second-order valence-electron chi connectivity index (χ2n) is 21.9. The van der Waals surface area contributed by atoms with Crippen LogP contribution in [-0.2, 0) is 38.8 Å². The average Bonchev–Trinajstić information content (AvgIpc) is 1.10. The monoisotopic (exact) mass is 1140 g/mol. The zero-order valence-electron chi connectivity index (χ0n) is 48.1. The van der Waals surface area contributed by atoms with E-state index in [0.717, 1.165) is 42.4 Å². The molecule has 448 valence electrons. The lowest BCUT2D eigenvalue weighted by molar-refractivity contribution is -0.384. The van der Waals surface area contributed by atoms with Crippen molar-refractivity contribution in [3.63, 3.8) is 0 Å². The van der Waals surface area contributed by atoms with Gasteiger partial charge in [0.2, 0.25) is 12.6 Å². The topological polar surface area (TPSA) is 219 Å². The predicted molar refractivity (Wildman–Crippen MR) is 314 cm³/mol. The van der Waals surface area contributed by atoms with Crippen molar-refractivity contribution in [3.8, 4) is 23.0 Å². The second-order valence-corrected chi connectivity index (χ2v) is 21.9. The van der Waals surface area contributed by atoms with Crippen LogP contribution in [0.3, 0.4) is 0 Å². The number of allylic oxidation sites excluding steroid dienone is 1. The van der Waals surface area contributed by atoms with Crippen molar-refractivity contribution in [2.45, 2.75) is 154 Å². The fraction of sp³-hybridized carbons (Fsp3) is 0.523. The molecule has 2 aliphatic carbocycles. The number of amides is 2. The fourth-order valence-electron chi connectivity index (χ4n) is 12.1. The minimum absolute atomic E-state index is 0.00147. The Bertz CT molecular complexity index is 2780. The Morgan fingerprint density at radius 3 is 2.24 bits per heavy atom. The molecule has 18 heteroatoms. The molecule has 3 N–H and O–H groups in total. The molecular formula is C65H84N4O14. The number of hydrogen-bond acceptors (Lipinski definition) is 15. The number of carbonyl (C=O) groups excluding carboxylic acids is 2. The molecule has 0 spiro atoms. The molecule has 0 saturated heterocycles. The number of aliphatic hydroxyl groups excluding tert-OH is 2. The van der Waals surface area contributed by atoms with Crippen LogP contribution in [-0.4, -0.2) is 96.1 Å². The summed E-state index contributed by atoms with van der Waals surface area (Å²) >= 11 is 0. The van der Waals surface area contributed by atoms with Gasteiger partial charge in [0, 0.05) is 56.3 Å². The van der Waals surface area contributed by atoms with E-state index in [1.54, 1.807) is 41.3 Å². The number of oxime groups is 1. The van der Waals surface area contributed by atoms with Gasteiger partial charge in [-0.1, -0.05) is 131 Å². The molecule has 2 amide bonds. The molecule has 4 aliphatic rings. The highest BCUT2D eigenvalue weighted by Gasteiger charge is 2.66. The number of fused-ring (bicyclic) bond motifs is 3. The van der Waals surface area contributed by atoms with Crippen LogP contribution in [0.4, 0.5) is 15.3 Å². The molecule has 83 heavy (non-hydrogen) atoms. The number of unbranched alkanes of at least 4 members (excludes halogenated alkanes) is 11. The Balaban J connectivity index is 1.19. The molecule has 4 aromatic carbocycles. The predicted octanol–water partition coefficient (Wildman–Crippen LogP) is 13.0.